The van der Waals surface area contributed by atoms with E-state index < -0.39 is 23.3 Å². The molecule has 5 heteroatoms. The molecule has 0 heterocycles. The lowest BCUT2D eigenvalue weighted by atomic mass is 9.98. The fourth-order valence-corrected chi connectivity index (χ4v) is 2.09. The maximum absolute atomic E-state index is 12.1. The number of ether oxygens (including phenoxy) is 2. The number of allylic oxidation sites excluding steroid dienone is 3. The zero-order chi connectivity index (χ0) is 15.4. The molecule has 0 aromatic heterocycles. The van der Waals surface area contributed by atoms with Crippen molar-refractivity contribution in [2.24, 2.45) is 5.92 Å². The summed E-state index contributed by atoms with van der Waals surface area (Å²) in [7, 11) is 2.51. The van der Waals surface area contributed by atoms with E-state index in [0.29, 0.717) is 0 Å². The SMILES string of the molecule is COC1=C(OC)C(=O)C(C(=O)/C=C/c2ccccc2)C1=O. The van der Waals surface area contributed by atoms with Crippen LogP contribution in [0.25, 0.3) is 6.08 Å². The van der Waals surface area contributed by atoms with Crippen molar-refractivity contribution in [2.75, 3.05) is 14.2 Å². The number of carbonyl (C=O) groups excluding carboxylic acids is 3. The first kappa shape index (κ1) is 14.7. The highest BCUT2D eigenvalue weighted by molar-refractivity contribution is 6.34. The third-order valence-corrected chi connectivity index (χ3v) is 3.11. The Bertz CT molecular complexity index is 614. The van der Waals surface area contributed by atoms with Crippen LogP contribution < -0.4 is 0 Å². The van der Waals surface area contributed by atoms with Crippen molar-refractivity contribution >= 4 is 23.4 Å². The van der Waals surface area contributed by atoms with Crippen LogP contribution in [0.2, 0.25) is 0 Å². The van der Waals surface area contributed by atoms with Crippen molar-refractivity contribution in [3.05, 3.63) is 53.5 Å². The Morgan fingerprint density at radius 1 is 1.00 bits per heavy atom. The number of methoxy groups -OCH3 is 2. The predicted octanol–water partition coefficient (Wildman–Crippen LogP) is 1.54. The largest absolute Gasteiger partial charge is 0.490 e. The van der Waals surface area contributed by atoms with Gasteiger partial charge in [0.25, 0.3) is 0 Å². The van der Waals surface area contributed by atoms with E-state index in [9.17, 15) is 14.4 Å². The van der Waals surface area contributed by atoms with Crippen LogP contribution in [0.5, 0.6) is 0 Å². The quantitative estimate of drug-likeness (QED) is 0.606. The highest BCUT2D eigenvalue weighted by Gasteiger charge is 2.46. The molecule has 0 aliphatic heterocycles. The molecule has 108 valence electrons. The average Bonchev–Trinajstić information content (AvgIpc) is 2.75. The summed E-state index contributed by atoms with van der Waals surface area (Å²) < 4.78 is 9.70. The van der Waals surface area contributed by atoms with Gasteiger partial charge < -0.3 is 9.47 Å². The second kappa shape index (κ2) is 6.17. The standard InChI is InChI=1S/C16H14O5/c1-20-15-13(18)12(14(19)16(15)21-2)11(17)9-8-10-6-4-3-5-7-10/h3-9,12H,1-2H3/b9-8+. The summed E-state index contributed by atoms with van der Waals surface area (Å²) in [5, 5.41) is 0. The second-order valence-electron chi connectivity index (χ2n) is 4.37. The summed E-state index contributed by atoms with van der Waals surface area (Å²) in [6.45, 7) is 0. The van der Waals surface area contributed by atoms with Crippen molar-refractivity contribution in [1.82, 2.24) is 0 Å². The Labute approximate surface area is 121 Å². The molecule has 0 saturated heterocycles. The molecule has 1 aromatic carbocycles. The topological polar surface area (TPSA) is 69.7 Å². The van der Waals surface area contributed by atoms with Gasteiger partial charge in [-0.25, -0.2) is 0 Å². The first-order valence-electron chi connectivity index (χ1n) is 6.27. The van der Waals surface area contributed by atoms with E-state index in [4.69, 9.17) is 9.47 Å². The summed E-state index contributed by atoms with van der Waals surface area (Å²) in [6.07, 6.45) is 2.78. The Hall–Kier alpha value is -2.69. The number of Topliss-reactive ketones (excluding diaryl/α,β-unsaturated/α-hetero) is 2. The molecule has 0 fully saturated rings. The van der Waals surface area contributed by atoms with E-state index in [0.717, 1.165) is 5.56 Å². The van der Waals surface area contributed by atoms with E-state index >= 15 is 0 Å². The van der Waals surface area contributed by atoms with E-state index in [1.54, 1.807) is 6.08 Å². The van der Waals surface area contributed by atoms with Crippen molar-refractivity contribution in [3.63, 3.8) is 0 Å². The van der Waals surface area contributed by atoms with Gasteiger partial charge in [0, 0.05) is 0 Å². The van der Waals surface area contributed by atoms with Gasteiger partial charge in [0.05, 0.1) is 14.2 Å². The van der Waals surface area contributed by atoms with Crippen LogP contribution in [-0.4, -0.2) is 31.6 Å². The molecule has 5 nitrogen and oxygen atoms in total. The van der Waals surface area contributed by atoms with Gasteiger partial charge in [-0.3, -0.25) is 14.4 Å². The van der Waals surface area contributed by atoms with Crippen LogP contribution in [0.3, 0.4) is 0 Å². The average molecular weight is 286 g/mol. The third-order valence-electron chi connectivity index (χ3n) is 3.11. The summed E-state index contributed by atoms with van der Waals surface area (Å²) in [4.78, 5) is 36.2. The minimum atomic E-state index is -1.41. The molecular formula is C16H14O5. The van der Waals surface area contributed by atoms with E-state index in [1.807, 2.05) is 30.3 Å². The number of hydrogen-bond acceptors (Lipinski definition) is 5. The zero-order valence-electron chi connectivity index (χ0n) is 11.7. The minimum Gasteiger partial charge on any atom is -0.490 e. The molecule has 0 N–H and O–H groups in total. The van der Waals surface area contributed by atoms with E-state index in [1.165, 1.54) is 20.3 Å². The van der Waals surface area contributed by atoms with Crippen LogP contribution in [0.4, 0.5) is 0 Å². The van der Waals surface area contributed by atoms with Crippen LogP contribution in [0.15, 0.2) is 47.9 Å². The zero-order valence-corrected chi connectivity index (χ0v) is 11.7. The first-order chi connectivity index (χ1) is 10.1. The van der Waals surface area contributed by atoms with Gasteiger partial charge in [0.2, 0.25) is 23.1 Å². The molecule has 0 atom stereocenters. The van der Waals surface area contributed by atoms with Crippen LogP contribution >= 0.6 is 0 Å². The Morgan fingerprint density at radius 2 is 1.52 bits per heavy atom. The molecule has 0 unspecified atom stereocenters. The summed E-state index contributed by atoms with van der Waals surface area (Å²) >= 11 is 0. The molecule has 0 spiro atoms. The van der Waals surface area contributed by atoms with Gasteiger partial charge in [0.1, 0.15) is 0 Å². The minimum absolute atomic E-state index is 0.200. The molecule has 1 aliphatic rings. The number of rotatable bonds is 5. The number of hydrogen-bond donors (Lipinski definition) is 0. The van der Waals surface area contributed by atoms with Gasteiger partial charge >= 0.3 is 0 Å². The highest BCUT2D eigenvalue weighted by atomic mass is 16.5. The molecular weight excluding hydrogens is 272 g/mol. The van der Waals surface area contributed by atoms with Crippen molar-refractivity contribution in [1.29, 1.82) is 0 Å². The maximum atomic E-state index is 12.1. The Balaban J connectivity index is 2.20. The van der Waals surface area contributed by atoms with Gasteiger partial charge in [-0.2, -0.15) is 0 Å². The van der Waals surface area contributed by atoms with Crippen molar-refractivity contribution < 1.29 is 23.9 Å². The third kappa shape index (κ3) is 2.76. The monoisotopic (exact) mass is 286 g/mol. The number of ketones is 3. The molecule has 2 rings (SSSR count). The molecule has 1 aliphatic carbocycles. The second-order valence-corrected chi connectivity index (χ2v) is 4.37. The van der Waals surface area contributed by atoms with Crippen LogP contribution in [0.1, 0.15) is 5.56 Å². The van der Waals surface area contributed by atoms with Crippen LogP contribution in [0, 0.1) is 5.92 Å². The van der Waals surface area contributed by atoms with Gasteiger partial charge in [-0.15, -0.1) is 0 Å². The number of benzene rings is 1. The van der Waals surface area contributed by atoms with Crippen molar-refractivity contribution in [3.8, 4) is 0 Å². The summed E-state index contributed by atoms with van der Waals surface area (Å²) in [5.74, 6) is -3.72. The molecule has 0 bridgehead atoms. The lowest BCUT2D eigenvalue weighted by Gasteiger charge is -2.02. The van der Waals surface area contributed by atoms with Crippen LogP contribution in [-0.2, 0) is 23.9 Å². The summed E-state index contributed by atoms with van der Waals surface area (Å²) in [6, 6.07) is 9.11. The van der Waals surface area contributed by atoms with Gasteiger partial charge in [0.15, 0.2) is 11.7 Å². The fraction of sp³-hybridized carbons (Fsp3) is 0.188. The Morgan fingerprint density at radius 3 is 2.00 bits per heavy atom. The van der Waals surface area contributed by atoms with Gasteiger partial charge in [-0.05, 0) is 11.6 Å². The van der Waals surface area contributed by atoms with E-state index in [2.05, 4.69) is 0 Å². The molecule has 0 saturated carbocycles. The van der Waals surface area contributed by atoms with Gasteiger partial charge in [-0.1, -0.05) is 36.4 Å². The van der Waals surface area contributed by atoms with E-state index in [-0.39, 0.29) is 11.5 Å². The lowest BCUT2D eigenvalue weighted by Crippen LogP contribution is -2.26. The smallest absolute Gasteiger partial charge is 0.220 e. The maximum Gasteiger partial charge on any atom is 0.220 e. The first-order valence-corrected chi connectivity index (χ1v) is 6.27. The molecule has 0 radical (unpaired) electrons. The van der Waals surface area contributed by atoms with Crippen molar-refractivity contribution in [2.45, 2.75) is 0 Å². The molecule has 21 heavy (non-hydrogen) atoms. The Kier molecular flexibility index (Phi) is 4.33. The molecule has 0 amide bonds. The predicted molar refractivity (Wildman–Crippen MR) is 75.0 cm³/mol. The lowest BCUT2D eigenvalue weighted by molar-refractivity contribution is -0.134. The summed E-state index contributed by atoms with van der Waals surface area (Å²) in [5.41, 5.74) is 0.802. The highest BCUT2D eigenvalue weighted by Crippen LogP contribution is 2.27. The molecule has 1 aromatic rings. The normalized spacial score (nSPS) is 15.9. The fourth-order valence-electron chi connectivity index (χ4n) is 2.09. The number of carbonyl (C=O) groups is 3.